The van der Waals surface area contributed by atoms with E-state index in [1.165, 1.54) is 6.20 Å². The molecule has 0 aromatic carbocycles. The van der Waals surface area contributed by atoms with Crippen molar-refractivity contribution in [2.24, 2.45) is 0 Å². The Morgan fingerprint density at radius 1 is 1.44 bits per heavy atom. The third-order valence-electron chi connectivity index (χ3n) is 2.25. The second-order valence-corrected chi connectivity index (χ2v) is 4.76. The summed E-state index contributed by atoms with van der Waals surface area (Å²) < 4.78 is 0.799. The maximum absolute atomic E-state index is 11.8. The zero-order valence-electron chi connectivity index (χ0n) is 10.4. The summed E-state index contributed by atoms with van der Waals surface area (Å²) in [5, 5.41) is 5.31. The van der Waals surface area contributed by atoms with Crippen LogP contribution >= 0.6 is 15.9 Å². The zero-order chi connectivity index (χ0) is 13.5. The molecule has 0 fully saturated rings. The Kier molecular flexibility index (Phi) is 5.77. The van der Waals surface area contributed by atoms with Crippen molar-refractivity contribution in [2.75, 3.05) is 6.54 Å². The predicted octanol–water partition coefficient (Wildman–Crippen LogP) is 1.49. The molecule has 0 spiro atoms. The van der Waals surface area contributed by atoms with Crippen molar-refractivity contribution in [2.45, 2.75) is 26.3 Å². The normalized spacial score (nSPS) is 11.7. The van der Waals surface area contributed by atoms with Crippen molar-refractivity contribution in [3.8, 4) is 0 Å². The lowest BCUT2D eigenvalue weighted by Crippen LogP contribution is -2.45. The van der Waals surface area contributed by atoms with Gasteiger partial charge in [0.1, 0.15) is 11.7 Å². The highest BCUT2D eigenvalue weighted by Gasteiger charge is 2.16. The number of carbonyl (C=O) groups is 2. The number of halogens is 1. The van der Waals surface area contributed by atoms with E-state index in [9.17, 15) is 9.59 Å². The van der Waals surface area contributed by atoms with Gasteiger partial charge >= 0.3 is 0 Å². The van der Waals surface area contributed by atoms with Crippen molar-refractivity contribution < 1.29 is 9.59 Å². The summed E-state index contributed by atoms with van der Waals surface area (Å²) in [6.45, 7) is 4.21. The summed E-state index contributed by atoms with van der Waals surface area (Å²) in [4.78, 5) is 27.3. The number of nitrogens with one attached hydrogen (secondary N) is 2. The van der Waals surface area contributed by atoms with Gasteiger partial charge in [0.15, 0.2) is 0 Å². The largest absolute Gasteiger partial charge is 0.354 e. The van der Waals surface area contributed by atoms with Crippen molar-refractivity contribution in [3.05, 3.63) is 28.5 Å². The SMILES string of the molecule is CCCNC(=O)C(C)NC(=O)c1ccc(Br)cn1. The van der Waals surface area contributed by atoms with Gasteiger partial charge in [-0.15, -0.1) is 0 Å². The van der Waals surface area contributed by atoms with E-state index in [0.717, 1.165) is 10.9 Å². The molecule has 0 saturated carbocycles. The number of nitrogens with zero attached hydrogens (tertiary/aromatic N) is 1. The first-order valence-corrected chi connectivity index (χ1v) is 6.54. The maximum Gasteiger partial charge on any atom is 0.270 e. The molecule has 1 aromatic heterocycles. The Morgan fingerprint density at radius 2 is 2.17 bits per heavy atom. The summed E-state index contributed by atoms with van der Waals surface area (Å²) in [5.74, 6) is -0.552. The van der Waals surface area contributed by atoms with Gasteiger partial charge in [0.05, 0.1) is 0 Å². The van der Waals surface area contributed by atoms with Gasteiger partial charge in [-0.3, -0.25) is 9.59 Å². The Morgan fingerprint density at radius 3 is 2.72 bits per heavy atom. The summed E-state index contributed by atoms with van der Waals surface area (Å²) in [5.41, 5.74) is 0.286. The third kappa shape index (κ3) is 4.44. The molecule has 18 heavy (non-hydrogen) atoms. The number of aromatic nitrogens is 1. The van der Waals surface area contributed by atoms with Gasteiger partial charge in [-0.25, -0.2) is 4.98 Å². The highest BCUT2D eigenvalue weighted by molar-refractivity contribution is 9.10. The monoisotopic (exact) mass is 313 g/mol. The predicted molar refractivity (Wildman–Crippen MR) is 72.2 cm³/mol. The molecule has 1 unspecified atom stereocenters. The van der Waals surface area contributed by atoms with E-state index < -0.39 is 6.04 Å². The lowest BCUT2D eigenvalue weighted by Gasteiger charge is -2.13. The molecule has 0 aliphatic rings. The van der Waals surface area contributed by atoms with Crippen molar-refractivity contribution in [3.63, 3.8) is 0 Å². The van der Waals surface area contributed by atoms with Crippen LogP contribution in [-0.4, -0.2) is 29.4 Å². The molecule has 2 amide bonds. The van der Waals surface area contributed by atoms with Gasteiger partial charge in [-0.05, 0) is 41.4 Å². The molecule has 0 bridgehead atoms. The first kappa shape index (κ1) is 14.6. The average Bonchev–Trinajstić information content (AvgIpc) is 2.36. The van der Waals surface area contributed by atoms with Crippen LogP contribution in [0.5, 0.6) is 0 Å². The van der Waals surface area contributed by atoms with Gasteiger partial charge in [0.2, 0.25) is 5.91 Å². The van der Waals surface area contributed by atoms with Gasteiger partial charge in [0, 0.05) is 17.2 Å². The van der Waals surface area contributed by atoms with E-state index in [1.54, 1.807) is 19.1 Å². The third-order valence-corrected chi connectivity index (χ3v) is 2.72. The zero-order valence-corrected chi connectivity index (χ0v) is 12.0. The summed E-state index contributed by atoms with van der Waals surface area (Å²) >= 11 is 3.24. The number of rotatable bonds is 5. The molecule has 1 atom stereocenters. The molecule has 0 saturated heterocycles. The molecule has 2 N–H and O–H groups in total. The van der Waals surface area contributed by atoms with Crippen LogP contribution in [0.2, 0.25) is 0 Å². The van der Waals surface area contributed by atoms with Crippen LogP contribution in [0.15, 0.2) is 22.8 Å². The Bertz CT molecular complexity index is 420. The van der Waals surface area contributed by atoms with Crippen LogP contribution in [-0.2, 0) is 4.79 Å². The van der Waals surface area contributed by atoms with E-state index >= 15 is 0 Å². The Labute approximate surface area is 114 Å². The quantitative estimate of drug-likeness (QED) is 0.865. The fourth-order valence-electron chi connectivity index (χ4n) is 1.25. The van der Waals surface area contributed by atoms with Crippen LogP contribution in [0.25, 0.3) is 0 Å². The van der Waals surface area contributed by atoms with Crippen LogP contribution in [0, 0.1) is 0 Å². The fraction of sp³-hybridized carbons (Fsp3) is 0.417. The molecule has 0 radical (unpaired) electrons. The highest BCUT2D eigenvalue weighted by Crippen LogP contribution is 2.07. The Hall–Kier alpha value is -1.43. The van der Waals surface area contributed by atoms with Crippen LogP contribution < -0.4 is 10.6 Å². The van der Waals surface area contributed by atoms with Gasteiger partial charge in [-0.1, -0.05) is 6.92 Å². The van der Waals surface area contributed by atoms with E-state index in [4.69, 9.17) is 0 Å². The van der Waals surface area contributed by atoms with E-state index in [-0.39, 0.29) is 17.5 Å². The van der Waals surface area contributed by atoms with E-state index in [0.29, 0.717) is 6.54 Å². The first-order chi connectivity index (χ1) is 8.54. The standard InChI is InChI=1S/C12H16BrN3O2/c1-3-6-14-11(17)8(2)16-12(18)10-5-4-9(13)7-15-10/h4-5,7-8H,3,6H2,1-2H3,(H,14,17)(H,16,18). The van der Waals surface area contributed by atoms with Crippen LogP contribution in [0.4, 0.5) is 0 Å². The number of amides is 2. The molecule has 5 nitrogen and oxygen atoms in total. The summed E-state index contributed by atoms with van der Waals surface area (Å²) in [6, 6.07) is 2.74. The molecule has 0 aliphatic carbocycles. The topological polar surface area (TPSA) is 71.1 Å². The molecule has 6 heteroatoms. The minimum atomic E-state index is -0.575. The molecule has 1 aromatic rings. The molecule has 98 valence electrons. The van der Waals surface area contributed by atoms with E-state index in [1.807, 2.05) is 6.92 Å². The molecule has 1 heterocycles. The van der Waals surface area contributed by atoms with Crippen molar-refractivity contribution in [1.29, 1.82) is 0 Å². The number of pyridine rings is 1. The second kappa shape index (κ2) is 7.10. The first-order valence-electron chi connectivity index (χ1n) is 5.74. The van der Waals surface area contributed by atoms with Crippen LogP contribution in [0.1, 0.15) is 30.8 Å². The summed E-state index contributed by atoms with van der Waals surface area (Å²) in [6.07, 6.45) is 2.40. The van der Waals surface area contributed by atoms with Gasteiger partial charge < -0.3 is 10.6 Å². The smallest absolute Gasteiger partial charge is 0.270 e. The van der Waals surface area contributed by atoms with Gasteiger partial charge in [-0.2, -0.15) is 0 Å². The number of carbonyl (C=O) groups excluding carboxylic acids is 2. The number of hydrogen-bond donors (Lipinski definition) is 2. The van der Waals surface area contributed by atoms with Crippen molar-refractivity contribution in [1.82, 2.24) is 15.6 Å². The Balaban J connectivity index is 2.53. The van der Waals surface area contributed by atoms with Gasteiger partial charge in [0.25, 0.3) is 5.91 Å². The molecule has 1 rings (SSSR count). The summed E-state index contributed by atoms with van der Waals surface area (Å²) in [7, 11) is 0. The van der Waals surface area contributed by atoms with Crippen LogP contribution in [0.3, 0.4) is 0 Å². The van der Waals surface area contributed by atoms with Crippen molar-refractivity contribution >= 4 is 27.7 Å². The lowest BCUT2D eigenvalue weighted by molar-refractivity contribution is -0.122. The minimum Gasteiger partial charge on any atom is -0.354 e. The molecular formula is C12H16BrN3O2. The molecular weight excluding hydrogens is 298 g/mol. The fourth-order valence-corrected chi connectivity index (χ4v) is 1.48. The minimum absolute atomic E-state index is 0.192. The molecule has 0 aliphatic heterocycles. The average molecular weight is 314 g/mol. The highest BCUT2D eigenvalue weighted by atomic mass is 79.9. The number of hydrogen-bond acceptors (Lipinski definition) is 3. The van der Waals surface area contributed by atoms with E-state index in [2.05, 4.69) is 31.5 Å². The lowest BCUT2D eigenvalue weighted by atomic mass is 10.2. The second-order valence-electron chi connectivity index (χ2n) is 3.85. The maximum atomic E-state index is 11.8.